The van der Waals surface area contributed by atoms with Crippen molar-refractivity contribution in [2.75, 3.05) is 12.8 Å². The highest BCUT2D eigenvalue weighted by molar-refractivity contribution is 9.10. The number of carbonyl (C=O) groups is 1. The summed E-state index contributed by atoms with van der Waals surface area (Å²) in [6, 6.07) is 10.8. The predicted octanol–water partition coefficient (Wildman–Crippen LogP) is 4.17. The van der Waals surface area contributed by atoms with Crippen LogP contribution in [0.15, 0.2) is 45.8 Å². The van der Waals surface area contributed by atoms with Gasteiger partial charge in [-0.25, -0.2) is 8.42 Å². The lowest BCUT2D eigenvalue weighted by Gasteiger charge is -2.31. The van der Waals surface area contributed by atoms with Crippen LogP contribution in [0.4, 0.5) is 0 Å². The molecule has 1 saturated carbocycles. The Kier molecular flexibility index (Phi) is 5.49. The summed E-state index contributed by atoms with van der Waals surface area (Å²) in [5, 5.41) is 1.47. The second kappa shape index (κ2) is 7.46. The number of hydrogen-bond donors (Lipinski definition) is 0. The van der Waals surface area contributed by atoms with Crippen molar-refractivity contribution >= 4 is 42.4 Å². The average Bonchev–Trinajstić information content (AvgIpc) is 2.61. The van der Waals surface area contributed by atoms with Crippen molar-refractivity contribution < 1.29 is 13.2 Å². The van der Waals surface area contributed by atoms with Crippen molar-refractivity contribution in [1.29, 1.82) is 0 Å². The molecule has 0 heterocycles. The van der Waals surface area contributed by atoms with Gasteiger partial charge in [-0.1, -0.05) is 59.5 Å². The standard InChI is InChI=1S/C19H22BrNO3S/c1-21(14-7-3-2-4-8-14)19(22)13-25(23,24)18-12-11-17(20)15-9-5-6-10-16(15)18/h5-6,9-12,14H,2-4,7-8,13H2,1H3. The van der Waals surface area contributed by atoms with Gasteiger partial charge in [-0.2, -0.15) is 0 Å². The third-order valence-corrected chi connectivity index (χ3v) is 7.34. The maximum atomic E-state index is 12.9. The normalized spacial score (nSPS) is 16.1. The first-order valence-electron chi connectivity index (χ1n) is 8.56. The average molecular weight is 424 g/mol. The van der Waals surface area contributed by atoms with Gasteiger partial charge in [-0.3, -0.25) is 4.79 Å². The van der Waals surface area contributed by atoms with E-state index in [4.69, 9.17) is 0 Å². The fraction of sp³-hybridized carbons (Fsp3) is 0.421. The molecule has 6 heteroatoms. The Balaban J connectivity index is 1.87. The van der Waals surface area contributed by atoms with E-state index in [0.29, 0.717) is 5.39 Å². The topological polar surface area (TPSA) is 54.5 Å². The lowest BCUT2D eigenvalue weighted by Crippen LogP contribution is -2.41. The maximum Gasteiger partial charge on any atom is 0.238 e. The van der Waals surface area contributed by atoms with E-state index in [-0.39, 0.29) is 16.8 Å². The molecule has 3 rings (SSSR count). The van der Waals surface area contributed by atoms with Gasteiger partial charge in [0, 0.05) is 22.9 Å². The zero-order valence-corrected chi connectivity index (χ0v) is 16.6. The van der Waals surface area contributed by atoms with Gasteiger partial charge in [0.15, 0.2) is 9.84 Å². The molecule has 0 N–H and O–H groups in total. The van der Waals surface area contributed by atoms with Crippen LogP contribution in [0.1, 0.15) is 32.1 Å². The van der Waals surface area contributed by atoms with Crippen LogP contribution in [-0.4, -0.2) is 38.1 Å². The van der Waals surface area contributed by atoms with Gasteiger partial charge in [0.05, 0.1) is 4.90 Å². The number of benzene rings is 2. The van der Waals surface area contributed by atoms with E-state index in [9.17, 15) is 13.2 Å². The largest absolute Gasteiger partial charge is 0.342 e. The SMILES string of the molecule is CN(C(=O)CS(=O)(=O)c1ccc(Br)c2ccccc12)C1CCCCC1. The number of sulfone groups is 1. The van der Waals surface area contributed by atoms with E-state index in [2.05, 4.69) is 15.9 Å². The third-order valence-electron chi connectivity index (χ3n) is 5.00. The molecule has 1 fully saturated rings. The van der Waals surface area contributed by atoms with Crippen molar-refractivity contribution in [2.45, 2.75) is 43.0 Å². The first kappa shape index (κ1) is 18.4. The van der Waals surface area contributed by atoms with Crippen molar-refractivity contribution in [1.82, 2.24) is 4.90 Å². The molecule has 0 spiro atoms. The number of fused-ring (bicyclic) bond motifs is 1. The minimum Gasteiger partial charge on any atom is -0.342 e. The summed E-state index contributed by atoms with van der Waals surface area (Å²) in [6.45, 7) is 0. The second-order valence-electron chi connectivity index (χ2n) is 6.65. The summed E-state index contributed by atoms with van der Waals surface area (Å²) in [5.41, 5.74) is 0. The highest BCUT2D eigenvalue weighted by Crippen LogP contribution is 2.30. The molecule has 0 bridgehead atoms. The Morgan fingerprint density at radius 1 is 1.08 bits per heavy atom. The van der Waals surface area contributed by atoms with Gasteiger partial charge in [-0.15, -0.1) is 0 Å². The van der Waals surface area contributed by atoms with E-state index in [0.717, 1.165) is 35.5 Å². The number of rotatable bonds is 4. The van der Waals surface area contributed by atoms with E-state index in [1.165, 1.54) is 6.42 Å². The molecular formula is C19H22BrNO3S. The maximum absolute atomic E-state index is 12.9. The molecule has 0 saturated heterocycles. The van der Waals surface area contributed by atoms with Crippen LogP contribution in [0.2, 0.25) is 0 Å². The first-order valence-corrected chi connectivity index (χ1v) is 11.0. The van der Waals surface area contributed by atoms with Crippen molar-refractivity contribution in [2.24, 2.45) is 0 Å². The predicted molar refractivity (Wildman–Crippen MR) is 103 cm³/mol. The Bertz CT molecular complexity index is 889. The van der Waals surface area contributed by atoms with Gasteiger partial charge < -0.3 is 4.90 Å². The molecule has 1 amide bonds. The lowest BCUT2D eigenvalue weighted by molar-refractivity contribution is -0.129. The number of halogens is 1. The number of carbonyl (C=O) groups excluding carboxylic acids is 1. The number of amides is 1. The van der Waals surface area contributed by atoms with Gasteiger partial charge >= 0.3 is 0 Å². The summed E-state index contributed by atoms with van der Waals surface area (Å²) in [6.07, 6.45) is 5.33. The Labute approximate surface area is 157 Å². The molecule has 2 aromatic rings. The van der Waals surface area contributed by atoms with Crippen molar-refractivity contribution in [3.05, 3.63) is 40.9 Å². The van der Waals surface area contributed by atoms with Crippen LogP contribution < -0.4 is 0 Å². The molecule has 4 nitrogen and oxygen atoms in total. The second-order valence-corrected chi connectivity index (χ2v) is 9.46. The molecule has 134 valence electrons. The third kappa shape index (κ3) is 3.90. The smallest absolute Gasteiger partial charge is 0.238 e. The fourth-order valence-electron chi connectivity index (χ4n) is 3.52. The van der Waals surface area contributed by atoms with E-state index in [1.54, 1.807) is 30.1 Å². The van der Waals surface area contributed by atoms with Gasteiger partial charge in [-0.05, 0) is 30.4 Å². The molecule has 0 atom stereocenters. The molecule has 1 aliphatic carbocycles. The summed E-state index contributed by atoms with van der Waals surface area (Å²) < 4.78 is 26.6. The van der Waals surface area contributed by atoms with Crippen LogP contribution in [0.3, 0.4) is 0 Å². The molecule has 0 aromatic heterocycles. The summed E-state index contributed by atoms with van der Waals surface area (Å²) in [4.78, 5) is 14.4. The number of nitrogens with zero attached hydrogens (tertiary/aromatic N) is 1. The Morgan fingerprint density at radius 3 is 2.40 bits per heavy atom. The monoisotopic (exact) mass is 423 g/mol. The van der Waals surface area contributed by atoms with Gasteiger partial charge in [0.25, 0.3) is 0 Å². The highest BCUT2D eigenvalue weighted by atomic mass is 79.9. The van der Waals surface area contributed by atoms with E-state index < -0.39 is 15.6 Å². The van der Waals surface area contributed by atoms with Gasteiger partial charge in [0.1, 0.15) is 5.75 Å². The van der Waals surface area contributed by atoms with E-state index >= 15 is 0 Å². The zero-order valence-electron chi connectivity index (χ0n) is 14.2. The molecule has 2 aromatic carbocycles. The molecular weight excluding hydrogens is 402 g/mol. The minimum absolute atomic E-state index is 0.165. The molecule has 25 heavy (non-hydrogen) atoms. The minimum atomic E-state index is -3.70. The van der Waals surface area contributed by atoms with Crippen molar-refractivity contribution in [3.8, 4) is 0 Å². The summed E-state index contributed by atoms with van der Waals surface area (Å²) in [7, 11) is -1.97. The van der Waals surface area contributed by atoms with Crippen LogP contribution >= 0.6 is 15.9 Å². The molecule has 0 aliphatic heterocycles. The van der Waals surface area contributed by atoms with E-state index in [1.807, 2.05) is 18.2 Å². The summed E-state index contributed by atoms with van der Waals surface area (Å²) in [5.74, 6) is -0.801. The Morgan fingerprint density at radius 2 is 1.72 bits per heavy atom. The zero-order chi connectivity index (χ0) is 18.0. The van der Waals surface area contributed by atoms with Crippen LogP contribution in [-0.2, 0) is 14.6 Å². The Hall–Kier alpha value is -1.40. The van der Waals surface area contributed by atoms with Crippen LogP contribution in [0.25, 0.3) is 10.8 Å². The first-order chi connectivity index (χ1) is 11.9. The molecule has 1 aliphatic rings. The fourth-order valence-corrected chi connectivity index (χ4v) is 5.47. The van der Waals surface area contributed by atoms with Crippen LogP contribution in [0.5, 0.6) is 0 Å². The van der Waals surface area contributed by atoms with Gasteiger partial charge in [0.2, 0.25) is 5.91 Å². The summed E-state index contributed by atoms with van der Waals surface area (Å²) >= 11 is 3.45. The number of hydrogen-bond acceptors (Lipinski definition) is 3. The highest BCUT2D eigenvalue weighted by Gasteiger charge is 2.28. The van der Waals surface area contributed by atoms with Crippen molar-refractivity contribution in [3.63, 3.8) is 0 Å². The quantitative estimate of drug-likeness (QED) is 0.741. The lowest BCUT2D eigenvalue weighted by atomic mass is 9.94. The molecule has 0 radical (unpaired) electrons. The van der Waals surface area contributed by atoms with Crippen LogP contribution in [0, 0.1) is 0 Å². The molecule has 0 unspecified atom stereocenters.